The van der Waals surface area contributed by atoms with E-state index < -0.39 is 6.04 Å². The number of rotatable bonds is 7. The number of amides is 1. The molecule has 2 aromatic rings. The van der Waals surface area contributed by atoms with Crippen LogP contribution in [0.1, 0.15) is 25.1 Å². The minimum Gasteiger partial charge on any atom is -0.469 e. The van der Waals surface area contributed by atoms with Gasteiger partial charge in [-0.2, -0.15) is 0 Å². The van der Waals surface area contributed by atoms with Gasteiger partial charge in [0.25, 0.3) is 0 Å². The maximum absolute atomic E-state index is 12.3. The Hall–Kier alpha value is -2.25. The van der Waals surface area contributed by atoms with Crippen LogP contribution in [0.2, 0.25) is 0 Å². The fourth-order valence-corrected chi connectivity index (χ4v) is 3.22. The Labute approximate surface area is 151 Å². The van der Waals surface area contributed by atoms with Crippen molar-refractivity contribution in [3.05, 3.63) is 35.2 Å². The highest BCUT2D eigenvalue weighted by Crippen LogP contribution is 2.32. The van der Waals surface area contributed by atoms with Crippen molar-refractivity contribution in [2.45, 2.75) is 32.7 Å². The van der Waals surface area contributed by atoms with Gasteiger partial charge in [-0.25, -0.2) is 4.98 Å². The molecule has 0 saturated heterocycles. The molecule has 1 aromatic heterocycles. The number of methoxy groups -OCH3 is 1. The highest BCUT2D eigenvalue weighted by molar-refractivity contribution is 7.16. The van der Waals surface area contributed by atoms with Crippen LogP contribution in [-0.4, -0.2) is 30.0 Å². The molecule has 7 heteroatoms. The Morgan fingerprint density at radius 2 is 2.00 bits per heavy atom. The van der Waals surface area contributed by atoms with Gasteiger partial charge in [0, 0.05) is 10.4 Å². The molecule has 1 amide bonds. The average Bonchev–Trinajstić information content (AvgIpc) is 3.02. The van der Waals surface area contributed by atoms with Gasteiger partial charge in [-0.1, -0.05) is 50.6 Å². The number of hydrogen-bond donors (Lipinski definition) is 2. The van der Waals surface area contributed by atoms with Gasteiger partial charge in [0.1, 0.15) is 0 Å². The Morgan fingerprint density at radius 3 is 2.60 bits per heavy atom. The quantitative estimate of drug-likeness (QED) is 0.740. The number of ether oxygens (including phenoxy) is 1. The summed E-state index contributed by atoms with van der Waals surface area (Å²) in [5.74, 6) is -0.551. The van der Waals surface area contributed by atoms with Crippen molar-refractivity contribution in [1.29, 1.82) is 0 Å². The highest BCUT2D eigenvalue weighted by Gasteiger charge is 2.22. The van der Waals surface area contributed by atoms with Gasteiger partial charge in [0.2, 0.25) is 5.91 Å². The third-order valence-electron chi connectivity index (χ3n) is 4.07. The maximum atomic E-state index is 12.3. The summed E-state index contributed by atoms with van der Waals surface area (Å²) < 4.78 is 4.75. The van der Waals surface area contributed by atoms with Crippen LogP contribution < -0.4 is 11.1 Å². The number of esters is 1. The zero-order valence-corrected chi connectivity index (χ0v) is 15.4. The number of anilines is 1. The first-order valence-electron chi connectivity index (χ1n) is 8.14. The van der Waals surface area contributed by atoms with E-state index in [4.69, 9.17) is 10.5 Å². The summed E-state index contributed by atoms with van der Waals surface area (Å²) in [6.45, 7) is 3.92. The number of nitrogens with one attached hydrogen (secondary N) is 1. The number of benzene rings is 1. The minimum atomic E-state index is -0.599. The molecule has 1 heterocycles. The van der Waals surface area contributed by atoms with Crippen LogP contribution in [0, 0.1) is 5.92 Å². The van der Waals surface area contributed by atoms with E-state index in [2.05, 4.69) is 10.3 Å². The van der Waals surface area contributed by atoms with Crippen LogP contribution in [0.4, 0.5) is 5.13 Å². The number of nitrogens with zero attached hydrogens (tertiary/aromatic N) is 1. The van der Waals surface area contributed by atoms with Crippen molar-refractivity contribution in [3.8, 4) is 11.3 Å². The normalized spacial score (nSPS) is 13.1. The largest absolute Gasteiger partial charge is 0.469 e. The van der Waals surface area contributed by atoms with Crippen LogP contribution >= 0.6 is 11.3 Å². The monoisotopic (exact) mass is 361 g/mol. The van der Waals surface area contributed by atoms with Gasteiger partial charge >= 0.3 is 5.97 Å². The fourth-order valence-electron chi connectivity index (χ4n) is 2.25. The van der Waals surface area contributed by atoms with Crippen LogP contribution in [0.15, 0.2) is 30.3 Å². The van der Waals surface area contributed by atoms with Gasteiger partial charge in [-0.15, -0.1) is 11.3 Å². The molecule has 0 aliphatic carbocycles. The van der Waals surface area contributed by atoms with Gasteiger partial charge < -0.3 is 15.8 Å². The van der Waals surface area contributed by atoms with Crippen molar-refractivity contribution in [2.24, 2.45) is 11.7 Å². The van der Waals surface area contributed by atoms with Gasteiger partial charge in [0.05, 0.1) is 25.3 Å². The first-order valence-corrected chi connectivity index (χ1v) is 8.96. The minimum absolute atomic E-state index is 0.0723. The zero-order valence-electron chi connectivity index (χ0n) is 14.6. The van der Waals surface area contributed by atoms with E-state index in [0.717, 1.165) is 16.9 Å². The predicted octanol–water partition coefficient (Wildman–Crippen LogP) is 2.84. The van der Waals surface area contributed by atoms with Gasteiger partial charge in [0.15, 0.2) is 5.13 Å². The SMILES string of the molecule is CCC(C)C(N)C(=O)Nc1nc(-c2ccccc2)c(CC(=O)OC)s1. The Bertz CT molecular complexity index is 730. The van der Waals surface area contributed by atoms with Crippen LogP contribution in [-0.2, 0) is 20.7 Å². The molecule has 0 fully saturated rings. The van der Waals surface area contributed by atoms with E-state index in [-0.39, 0.29) is 24.2 Å². The summed E-state index contributed by atoms with van der Waals surface area (Å²) in [4.78, 5) is 29.2. The highest BCUT2D eigenvalue weighted by atomic mass is 32.1. The zero-order chi connectivity index (χ0) is 18.4. The molecule has 134 valence electrons. The van der Waals surface area contributed by atoms with Crippen molar-refractivity contribution in [1.82, 2.24) is 4.98 Å². The second-order valence-electron chi connectivity index (χ2n) is 5.81. The van der Waals surface area contributed by atoms with Crippen molar-refractivity contribution < 1.29 is 14.3 Å². The Balaban J connectivity index is 2.28. The van der Waals surface area contributed by atoms with E-state index in [0.29, 0.717) is 10.8 Å². The summed E-state index contributed by atoms with van der Waals surface area (Å²) in [6.07, 6.45) is 0.918. The van der Waals surface area contributed by atoms with Gasteiger partial charge in [-0.05, 0) is 5.92 Å². The molecule has 0 saturated carbocycles. The number of thiazole rings is 1. The Morgan fingerprint density at radius 1 is 1.32 bits per heavy atom. The topological polar surface area (TPSA) is 94.3 Å². The van der Waals surface area contributed by atoms with Crippen molar-refractivity contribution in [3.63, 3.8) is 0 Å². The lowest BCUT2D eigenvalue weighted by Crippen LogP contribution is -2.40. The molecule has 2 atom stereocenters. The molecule has 3 N–H and O–H groups in total. The van der Waals surface area contributed by atoms with E-state index in [1.807, 2.05) is 44.2 Å². The summed E-state index contributed by atoms with van der Waals surface area (Å²) >= 11 is 1.26. The Kier molecular flexibility index (Phi) is 6.66. The molecule has 0 bridgehead atoms. The lowest BCUT2D eigenvalue weighted by atomic mass is 10.00. The van der Waals surface area contributed by atoms with E-state index in [1.54, 1.807) is 0 Å². The molecule has 0 aliphatic heterocycles. The molecular formula is C18H23N3O3S. The standard InChI is InChI=1S/C18H23N3O3S/c1-4-11(2)15(19)17(23)21-18-20-16(12-8-6-5-7-9-12)13(25-18)10-14(22)24-3/h5-9,11,15H,4,10,19H2,1-3H3,(H,20,21,23). The number of hydrogen-bond acceptors (Lipinski definition) is 6. The number of carbonyl (C=O) groups is 2. The van der Waals surface area contributed by atoms with Crippen molar-refractivity contribution >= 4 is 28.3 Å². The smallest absolute Gasteiger partial charge is 0.310 e. The summed E-state index contributed by atoms with van der Waals surface area (Å²) in [5.41, 5.74) is 7.52. The second kappa shape index (κ2) is 8.73. The molecular weight excluding hydrogens is 338 g/mol. The first-order chi connectivity index (χ1) is 12.0. The van der Waals surface area contributed by atoms with Crippen molar-refractivity contribution in [2.75, 3.05) is 12.4 Å². The summed E-state index contributed by atoms with van der Waals surface area (Å²) in [7, 11) is 1.35. The summed E-state index contributed by atoms with van der Waals surface area (Å²) in [6, 6.07) is 8.92. The number of aromatic nitrogens is 1. The predicted molar refractivity (Wildman–Crippen MR) is 99.3 cm³/mol. The number of nitrogens with two attached hydrogens (primary N) is 1. The molecule has 2 unspecified atom stereocenters. The van der Waals surface area contributed by atoms with Crippen LogP contribution in [0.5, 0.6) is 0 Å². The molecule has 1 aromatic carbocycles. The second-order valence-corrected chi connectivity index (χ2v) is 6.89. The van der Waals surface area contributed by atoms with E-state index >= 15 is 0 Å². The van der Waals surface area contributed by atoms with Crippen LogP contribution in [0.25, 0.3) is 11.3 Å². The molecule has 0 spiro atoms. The van der Waals surface area contributed by atoms with E-state index in [1.165, 1.54) is 18.4 Å². The molecule has 0 aliphatic rings. The first kappa shape index (κ1) is 19.1. The number of carbonyl (C=O) groups excluding carboxylic acids is 2. The molecule has 6 nitrogen and oxygen atoms in total. The lowest BCUT2D eigenvalue weighted by Gasteiger charge is -2.16. The average molecular weight is 361 g/mol. The molecule has 0 radical (unpaired) electrons. The third kappa shape index (κ3) is 4.87. The maximum Gasteiger partial charge on any atom is 0.310 e. The van der Waals surface area contributed by atoms with Gasteiger partial charge in [-0.3, -0.25) is 9.59 Å². The third-order valence-corrected chi connectivity index (χ3v) is 5.04. The lowest BCUT2D eigenvalue weighted by molar-refractivity contribution is -0.139. The molecule has 25 heavy (non-hydrogen) atoms. The summed E-state index contributed by atoms with van der Waals surface area (Å²) in [5, 5.41) is 3.20. The van der Waals surface area contributed by atoms with E-state index in [9.17, 15) is 9.59 Å². The van der Waals surface area contributed by atoms with Crippen LogP contribution in [0.3, 0.4) is 0 Å². The molecule has 2 rings (SSSR count). The fraction of sp³-hybridized carbons (Fsp3) is 0.389.